The molecule has 1 unspecified atom stereocenters. The summed E-state index contributed by atoms with van der Waals surface area (Å²) in [4.78, 5) is 38.2. The number of carbonyl (C=O) groups excluding carboxylic acids is 3. The molecule has 0 aliphatic carbocycles. The van der Waals surface area contributed by atoms with Gasteiger partial charge in [0, 0.05) is 19.3 Å². The van der Waals surface area contributed by atoms with E-state index in [4.69, 9.17) is 14.2 Å². The Balaban J connectivity index is 4.07. The Labute approximate surface area is 510 Å². The molecule has 0 N–H and O–H groups in total. The van der Waals surface area contributed by atoms with Gasteiger partial charge in [0.05, 0.1) is 0 Å². The van der Waals surface area contributed by atoms with E-state index in [0.717, 1.165) is 109 Å². The van der Waals surface area contributed by atoms with Crippen LogP contribution in [0.25, 0.3) is 0 Å². The molecule has 0 fully saturated rings. The second kappa shape index (κ2) is 70.3. The largest absolute Gasteiger partial charge is 0.462 e. The lowest BCUT2D eigenvalue weighted by atomic mass is 10.0. The lowest BCUT2D eigenvalue weighted by Crippen LogP contribution is -2.30. The second-order valence-corrected chi connectivity index (χ2v) is 24.1. The third-order valence-corrected chi connectivity index (χ3v) is 16.0. The topological polar surface area (TPSA) is 78.9 Å². The van der Waals surface area contributed by atoms with Crippen molar-refractivity contribution in [2.75, 3.05) is 13.2 Å². The van der Waals surface area contributed by atoms with Crippen LogP contribution in [0.15, 0.2) is 72.9 Å². The molecule has 0 saturated heterocycles. The van der Waals surface area contributed by atoms with Crippen LogP contribution in [-0.2, 0) is 28.6 Å². The number of hydrogen-bond acceptors (Lipinski definition) is 6. The first kappa shape index (κ1) is 78.8. The molecule has 82 heavy (non-hydrogen) atoms. The fraction of sp³-hybridized carbons (Fsp3) is 0.803. The van der Waals surface area contributed by atoms with Crippen molar-refractivity contribution in [3.63, 3.8) is 0 Å². The fourth-order valence-corrected chi connectivity index (χ4v) is 10.6. The highest BCUT2D eigenvalue weighted by Gasteiger charge is 2.19. The van der Waals surface area contributed by atoms with E-state index in [2.05, 4.69) is 93.7 Å². The molecule has 0 aromatic rings. The van der Waals surface area contributed by atoms with Gasteiger partial charge in [-0.3, -0.25) is 14.4 Å². The Morgan fingerprint density at radius 1 is 0.256 bits per heavy atom. The summed E-state index contributed by atoms with van der Waals surface area (Å²) < 4.78 is 16.9. The van der Waals surface area contributed by atoms with Gasteiger partial charge in [0.15, 0.2) is 6.10 Å². The van der Waals surface area contributed by atoms with Gasteiger partial charge in [-0.25, -0.2) is 0 Å². The normalized spacial score (nSPS) is 12.5. The van der Waals surface area contributed by atoms with Gasteiger partial charge in [0.2, 0.25) is 0 Å². The molecule has 0 aliphatic heterocycles. The lowest BCUT2D eigenvalue weighted by molar-refractivity contribution is -0.167. The molecule has 6 nitrogen and oxygen atoms in total. The molecule has 0 aliphatic rings. The lowest BCUT2D eigenvalue weighted by Gasteiger charge is -2.18. The van der Waals surface area contributed by atoms with Gasteiger partial charge in [-0.15, -0.1) is 0 Å². The smallest absolute Gasteiger partial charge is 0.306 e. The molecule has 0 bridgehead atoms. The van der Waals surface area contributed by atoms with Gasteiger partial charge in [-0.1, -0.05) is 357 Å². The molecule has 0 radical (unpaired) electrons. The Morgan fingerprint density at radius 2 is 0.476 bits per heavy atom. The molecular weight excluding hydrogens is 1010 g/mol. The Hall–Kier alpha value is -3.15. The molecule has 0 aromatic carbocycles. The predicted octanol–water partition coefficient (Wildman–Crippen LogP) is 24.8. The van der Waals surface area contributed by atoms with Crippen molar-refractivity contribution in [1.29, 1.82) is 0 Å². The molecule has 0 heterocycles. The minimum absolute atomic E-state index is 0.0821. The standard InChI is InChI=1S/C76H136O6/c1-4-7-10-13-16-19-21-23-25-27-29-31-33-34-35-36-37-38-39-40-41-42-44-45-47-49-51-53-55-57-60-63-66-69-75(78)81-72-73(71-80-74(77)68-65-62-59-18-15-12-9-6-3)82-76(79)70-67-64-61-58-56-54-52-50-48-46-43-32-30-28-26-24-22-20-17-14-11-8-5-2/h8,11,17,20,24,26,30,32,46,48,52,54,73H,4-7,9-10,12-16,18-19,21-23,25,27-29,31,33-45,47,49-51,53,55-72H2,1-3H3/b11-8-,20-17-,26-24-,32-30-,48-46-,54-52-. The zero-order valence-electron chi connectivity index (χ0n) is 54.8. The summed E-state index contributed by atoms with van der Waals surface area (Å²) >= 11 is 0. The van der Waals surface area contributed by atoms with Crippen LogP contribution in [0.5, 0.6) is 0 Å². The van der Waals surface area contributed by atoms with E-state index in [9.17, 15) is 14.4 Å². The average Bonchev–Trinajstić information content (AvgIpc) is 3.47. The summed E-state index contributed by atoms with van der Waals surface area (Å²) in [7, 11) is 0. The molecule has 6 heteroatoms. The highest BCUT2D eigenvalue weighted by molar-refractivity contribution is 5.71. The quantitative estimate of drug-likeness (QED) is 0.0261. The molecular formula is C76H136O6. The molecule has 1 atom stereocenters. The molecule has 0 spiro atoms. The summed E-state index contributed by atoms with van der Waals surface area (Å²) in [6.45, 7) is 6.53. The summed E-state index contributed by atoms with van der Waals surface area (Å²) in [6, 6.07) is 0. The van der Waals surface area contributed by atoms with Crippen LogP contribution in [0.1, 0.15) is 374 Å². The van der Waals surface area contributed by atoms with Crippen molar-refractivity contribution < 1.29 is 28.6 Å². The van der Waals surface area contributed by atoms with E-state index in [0.29, 0.717) is 19.3 Å². The Bertz CT molecular complexity index is 1500. The molecule has 0 aromatic heterocycles. The van der Waals surface area contributed by atoms with E-state index in [1.165, 1.54) is 225 Å². The zero-order valence-corrected chi connectivity index (χ0v) is 54.8. The van der Waals surface area contributed by atoms with Crippen molar-refractivity contribution in [2.24, 2.45) is 0 Å². The number of unbranched alkanes of at least 4 members (excludes halogenated alkanes) is 43. The van der Waals surface area contributed by atoms with Crippen LogP contribution < -0.4 is 0 Å². The second-order valence-electron chi connectivity index (χ2n) is 24.1. The minimum Gasteiger partial charge on any atom is -0.462 e. The zero-order chi connectivity index (χ0) is 59.2. The third-order valence-electron chi connectivity index (χ3n) is 16.0. The van der Waals surface area contributed by atoms with Crippen molar-refractivity contribution in [3.8, 4) is 0 Å². The summed E-state index contributed by atoms with van der Waals surface area (Å²) in [5.74, 6) is -0.894. The van der Waals surface area contributed by atoms with E-state index in [1.807, 2.05) is 0 Å². The first-order chi connectivity index (χ1) is 40.5. The van der Waals surface area contributed by atoms with Crippen molar-refractivity contribution >= 4 is 17.9 Å². The van der Waals surface area contributed by atoms with Crippen LogP contribution in [0.2, 0.25) is 0 Å². The molecule has 0 amide bonds. The summed E-state index contributed by atoms with van der Waals surface area (Å²) in [5.41, 5.74) is 0. The predicted molar refractivity (Wildman–Crippen MR) is 358 cm³/mol. The first-order valence-corrected chi connectivity index (χ1v) is 35.9. The molecule has 0 saturated carbocycles. The van der Waals surface area contributed by atoms with Crippen LogP contribution >= 0.6 is 0 Å². The van der Waals surface area contributed by atoms with Crippen LogP contribution in [-0.4, -0.2) is 37.2 Å². The van der Waals surface area contributed by atoms with Crippen molar-refractivity contribution in [1.82, 2.24) is 0 Å². The Kier molecular flexibility index (Phi) is 67.6. The van der Waals surface area contributed by atoms with Gasteiger partial charge >= 0.3 is 17.9 Å². The number of hydrogen-bond donors (Lipinski definition) is 0. The molecule has 0 rings (SSSR count). The van der Waals surface area contributed by atoms with Crippen molar-refractivity contribution in [2.45, 2.75) is 380 Å². The van der Waals surface area contributed by atoms with Crippen LogP contribution in [0.4, 0.5) is 0 Å². The van der Waals surface area contributed by atoms with Gasteiger partial charge in [0.25, 0.3) is 0 Å². The van der Waals surface area contributed by atoms with Gasteiger partial charge < -0.3 is 14.2 Å². The number of allylic oxidation sites excluding steroid dienone is 12. The Morgan fingerprint density at radius 3 is 0.744 bits per heavy atom. The minimum atomic E-state index is -0.787. The van der Waals surface area contributed by atoms with Gasteiger partial charge in [-0.05, 0) is 70.6 Å². The fourth-order valence-electron chi connectivity index (χ4n) is 10.6. The van der Waals surface area contributed by atoms with E-state index >= 15 is 0 Å². The summed E-state index contributed by atoms with van der Waals surface area (Å²) in [6.07, 6.45) is 92.6. The van der Waals surface area contributed by atoms with E-state index < -0.39 is 6.10 Å². The first-order valence-electron chi connectivity index (χ1n) is 35.9. The maximum absolute atomic E-state index is 12.9. The molecule has 476 valence electrons. The van der Waals surface area contributed by atoms with Gasteiger partial charge in [-0.2, -0.15) is 0 Å². The van der Waals surface area contributed by atoms with E-state index in [1.54, 1.807) is 0 Å². The third kappa shape index (κ3) is 67.6. The number of carbonyl (C=O) groups is 3. The SMILES string of the molecule is CC/C=C\C/C=C\C/C=C\C/C=C\C/C=C\C/C=C\CCCCCCC(=O)OC(COC(=O)CCCCCCCCCC)COC(=O)CCCCCCCCCCCCCCCCCCCCCCCCCCCCCCCCCCC. The monoisotopic (exact) mass is 1150 g/mol. The van der Waals surface area contributed by atoms with Crippen LogP contribution in [0.3, 0.4) is 0 Å². The maximum atomic E-state index is 12.9. The number of rotatable bonds is 66. The maximum Gasteiger partial charge on any atom is 0.306 e. The number of ether oxygens (including phenoxy) is 3. The van der Waals surface area contributed by atoms with Crippen LogP contribution in [0, 0.1) is 0 Å². The highest BCUT2D eigenvalue weighted by atomic mass is 16.6. The van der Waals surface area contributed by atoms with E-state index in [-0.39, 0.29) is 31.1 Å². The van der Waals surface area contributed by atoms with Crippen molar-refractivity contribution in [3.05, 3.63) is 72.9 Å². The highest BCUT2D eigenvalue weighted by Crippen LogP contribution is 2.19. The number of esters is 3. The average molecular weight is 1150 g/mol. The van der Waals surface area contributed by atoms with Gasteiger partial charge in [0.1, 0.15) is 13.2 Å². The summed E-state index contributed by atoms with van der Waals surface area (Å²) in [5, 5.41) is 0.